The van der Waals surface area contributed by atoms with Crippen LogP contribution in [0.2, 0.25) is 0 Å². The minimum absolute atomic E-state index is 0.474. The van der Waals surface area contributed by atoms with Crippen LogP contribution in [0.25, 0.3) is 0 Å². The lowest BCUT2D eigenvalue weighted by Crippen LogP contribution is -2.45. The van der Waals surface area contributed by atoms with Gasteiger partial charge in [-0.05, 0) is 44.4 Å². The zero-order valence-corrected chi connectivity index (χ0v) is 10.3. The van der Waals surface area contributed by atoms with E-state index in [1.165, 1.54) is 57.9 Å². The molecule has 2 atom stereocenters. The first-order valence-electron chi connectivity index (χ1n) is 6.73. The maximum atomic E-state index is 6.30. The molecule has 0 amide bonds. The largest absolute Gasteiger partial charge is 0.297 e. The first kappa shape index (κ1) is 10.4. The van der Waals surface area contributed by atoms with Gasteiger partial charge in [-0.2, -0.15) is 0 Å². The van der Waals surface area contributed by atoms with E-state index in [0.29, 0.717) is 5.38 Å². The lowest BCUT2D eigenvalue weighted by atomic mass is 9.99. The lowest BCUT2D eigenvalue weighted by molar-refractivity contribution is 0.120. The molecule has 2 heterocycles. The summed E-state index contributed by atoms with van der Waals surface area (Å²) in [5.41, 5.74) is 0. The highest BCUT2D eigenvalue weighted by Crippen LogP contribution is 2.39. The van der Waals surface area contributed by atoms with Crippen LogP contribution in [0.1, 0.15) is 51.4 Å². The SMILES string of the molecule is ClC1CC2CCC(C1)N2CC1CCCC1. The van der Waals surface area contributed by atoms with E-state index in [4.69, 9.17) is 11.6 Å². The molecule has 2 saturated heterocycles. The first-order chi connectivity index (χ1) is 7.33. The van der Waals surface area contributed by atoms with Crippen LogP contribution in [-0.2, 0) is 0 Å². The van der Waals surface area contributed by atoms with Gasteiger partial charge < -0.3 is 0 Å². The van der Waals surface area contributed by atoms with Crippen molar-refractivity contribution in [2.45, 2.75) is 68.8 Å². The molecule has 15 heavy (non-hydrogen) atoms. The Hall–Kier alpha value is 0.250. The van der Waals surface area contributed by atoms with Crippen LogP contribution in [0.5, 0.6) is 0 Å². The van der Waals surface area contributed by atoms with Crippen LogP contribution >= 0.6 is 11.6 Å². The van der Waals surface area contributed by atoms with Crippen molar-refractivity contribution in [2.24, 2.45) is 5.92 Å². The Morgan fingerprint density at radius 3 is 2.13 bits per heavy atom. The molecule has 2 unspecified atom stereocenters. The maximum Gasteiger partial charge on any atom is 0.0365 e. The summed E-state index contributed by atoms with van der Waals surface area (Å²) in [6.07, 6.45) is 11.3. The molecule has 0 spiro atoms. The molecule has 86 valence electrons. The van der Waals surface area contributed by atoms with Crippen molar-refractivity contribution in [1.82, 2.24) is 4.90 Å². The quantitative estimate of drug-likeness (QED) is 0.654. The number of hydrogen-bond acceptors (Lipinski definition) is 1. The molecule has 1 nitrogen and oxygen atoms in total. The Labute approximate surface area is 98.2 Å². The fraction of sp³-hybridized carbons (Fsp3) is 1.00. The summed E-state index contributed by atoms with van der Waals surface area (Å²) in [5.74, 6) is 1.01. The van der Waals surface area contributed by atoms with Gasteiger partial charge >= 0.3 is 0 Å². The summed E-state index contributed by atoms with van der Waals surface area (Å²) in [6.45, 7) is 1.39. The van der Waals surface area contributed by atoms with Gasteiger partial charge in [0.05, 0.1) is 0 Å². The summed E-state index contributed by atoms with van der Waals surface area (Å²) < 4.78 is 0. The van der Waals surface area contributed by atoms with E-state index in [0.717, 1.165) is 18.0 Å². The van der Waals surface area contributed by atoms with Crippen LogP contribution in [-0.4, -0.2) is 28.9 Å². The van der Waals surface area contributed by atoms with E-state index in [2.05, 4.69) is 4.90 Å². The molecular weight excluding hydrogens is 206 g/mol. The Morgan fingerprint density at radius 2 is 1.53 bits per heavy atom. The van der Waals surface area contributed by atoms with Gasteiger partial charge in [-0.25, -0.2) is 0 Å². The van der Waals surface area contributed by atoms with E-state index < -0.39 is 0 Å². The van der Waals surface area contributed by atoms with Crippen LogP contribution in [0.4, 0.5) is 0 Å². The average Bonchev–Trinajstić information content (AvgIpc) is 2.77. The Balaban J connectivity index is 1.61. The van der Waals surface area contributed by atoms with Gasteiger partial charge in [0.25, 0.3) is 0 Å². The molecule has 2 heteroatoms. The number of alkyl halides is 1. The topological polar surface area (TPSA) is 3.24 Å². The van der Waals surface area contributed by atoms with Gasteiger partial charge in [0.2, 0.25) is 0 Å². The van der Waals surface area contributed by atoms with Gasteiger partial charge in [-0.15, -0.1) is 11.6 Å². The number of nitrogens with zero attached hydrogens (tertiary/aromatic N) is 1. The minimum atomic E-state index is 0.474. The molecule has 1 saturated carbocycles. The smallest absolute Gasteiger partial charge is 0.0365 e. The number of piperidine rings is 1. The van der Waals surface area contributed by atoms with E-state index >= 15 is 0 Å². The van der Waals surface area contributed by atoms with Crippen molar-refractivity contribution < 1.29 is 0 Å². The third-order valence-corrected chi connectivity index (χ3v) is 5.13. The zero-order chi connectivity index (χ0) is 10.3. The molecule has 0 radical (unpaired) electrons. The standard InChI is InChI=1S/C13H22ClN/c14-11-7-12-5-6-13(8-11)15(12)9-10-3-1-2-4-10/h10-13H,1-9H2. The summed E-state index contributed by atoms with van der Waals surface area (Å²) >= 11 is 6.30. The highest BCUT2D eigenvalue weighted by molar-refractivity contribution is 6.20. The van der Waals surface area contributed by atoms with Gasteiger partial charge in [-0.1, -0.05) is 12.8 Å². The second-order valence-electron chi connectivity index (χ2n) is 5.80. The van der Waals surface area contributed by atoms with E-state index in [1.54, 1.807) is 0 Å². The summed E-state index contributed by atoms with van der Waals surface area (Å²) in [4.78, 5) is 2.81. The fourth-order valence-corrected chi connectivity index (χ4v) is 4.41. The second-order valence-corrected chi connectivity index (χ2v) is 6.42. The summed E-state index contributed by atoms with van der Waals surface area (Å²) in [6, 6.07) is 1.68. The molecule has 2 aliphatic heterocycles. The molecule has 0 N–H and O–H groups in total. The second kappa shape index (κ2) is 4.25. The molecule has 3 fully saturated rings. The normalized spacial score (nSPS) is 42.6. The summed E-state index contributed by atoms with van der Waals surface area (Å²) in [7, 11) is 0. The molecule has 3 aliphatic rings. The van der Waals surface area contributed by atoms with Crippen LogP contribution in [0, 0.1) is 5.92 Å². The average molecular weight is 228 g/mol. The van der Waals surface area contributed by atoms with E-state index in [9.17, 15) is 0 Å². The van der Waals surface area contributed by atoms with Crippen molar-refractivity contribution in [2.75, 3.05) is 6.54 Å². The number of fused-ring (bicyclic) bond motifs is 2. The van der Waals surface area contributed by atoms with E-state index in [-0.39, 0.29) is 0 Å². The van der Waals surface area contributed by atoms with Crippen LogP contribution in [0.3, 0.4) is 0 Å². The van der Waals surface area contributed by atoms with Crippen LogP contribution < -0.4 is 0 Å². The fourth-order valence-electron chi connectivity index (χ4n) is 4.00. The van der Waals surface area contributed by atoms with Crippen molar-refractivity contribution in [3.05, 3.63) is 0 Å². The minimum Gasteiger partial charge on any atom is -0.297 e. The van der Waals surface area contributed by atoms with Crippen LogP contribution in [0.15, 0.2) is 0 Å². The van der Waals surface area contributed by atoms with Gasteiger partial charge in [-0.3, -0.25) is 4.90 Å². The van der Waals surface area contributed by atoms with Crippen molar-refractivity contribution in [3.8, 4) is 0 Å². The first-order valence-corrected chi connectivity index (χ1v) is 7.16. The van der Waals surface area contributed by atoms with Crippen molar-refractivity contribution >= 4 is 11.6 Å². The summed E-state index contributed by atoms with van der Waals surface area (Å²) in [5, 5.41) is 0.474. The zero-order valence-electron chi connectivity index (χ0n) is 9.50. The number of rotatable bonds is 2. The molecule has 2 bridgehead atoms. The van der Waals surface area contributed by atoms with Gasteiger partial charge in [0.15, 0.2) is 0 Å². The molecule has 3 rings (SSSR count). The molecule has 1 aliphatic carbocycles. The van der Waals surface area contributed by atoms with Gasteiger partial charge in [0.1, 0.15) is 0 Å². The number of halogens is 1. The highest BCUT2D eigenvalue weighted by Gasteiger charge is 2.40. The monoisotopic (exact) mass is 227 g/mol. The predicted molar refractivity (Wildman–Crippen MR) is 64.3 cm³/mol. The Kier molecular flexibility index (Phi) is 2.95. The van der Waals surface area contributed by atoms with Gasteiger partial charge in [0, 0.05) is 24.0 Å². The Morgan fingerprint density at radius 1 is 0.933 bits per heavy atom. The molecule has 0 aromatic heterocycles. The lowest BCUT2D eigenvalue weighted by Gasteiger charge is -2.38. The molecule has 0 aromatic rings. The third kappa shape index (κ3) is 2.06. The third-order valence-electron chi connectivity index (χ3n) is 4.77. The van der Waals surface area contributed by atoms with Crippen molar-refractivity contribution in [3.63, 3.8) is 0 Å². The Bertz CT molecular complexity index is 211. The number of hydrogen-bond donors (Lipinski definition) is 0. The molecule has 0 aromatic carbocycles. The molecular formula is C13H22ClN. The van der Waals surface area contributed by atoms with Crippen molar-refractivity contribution in [1.29, 1.82) is 0 Å². The predicted octanol–water partition coefficient (Wildman–Crippen LogP) is 3.41. The highest BCUT2D eigenvalue weighted by atomic mass is 35.5. The van der Waals surface area contributed by atoms with E-state index in [1.807, 2.05) is 0 Å². The maximum absolute atomic E-state index is 6.30.